The Bertz CT molecular complexity index is 862. The lowest BCUT2D eigenvalue weighted by Crippen LogP contribution is -2.53. The first-order valence-corrected chi connectivity index (χ1v) is 10.2. The van der Waals surface area contributed by atoms with Gasteiger partial charge in [-0.3, -0.25) is 25.0 Å². The number of nitro groups is 2. The number of nitrogens with two attached hydrogens (primary N) is 1. The molecule has 1 unspecified atom stereocenters. The minimum absolute atomic E-state index is 0.0177. The molecule has 0 bridgehead atoms. The molecule has 2 fully saturated rings. The number of piperidine rings is 1. The van der Waals surface area contributed by atoms with Gasteiger partial charge in [0.15, 0.2) is 0 Å². The zero-order chi connectivity index (χ0) is 22.1. The molecule has 1 amide bonds. The Morgan fingerprint density at radius 2 is 1.83 bits per heavy atom. The Labute approximate surface area is 174 Å². The highest BCUT2D eigenvalue weighted by Crippen LogP contribution is 2.39. The molecule has 30 heavy (non-hydrogen) atoms. The van der Waals surface area contributed by atoms with Crippen LogP contribution >= 0.6 is 0 Å². The molecule has 3 rings (SSSR count). The minimum Gasteiger partial charge on any atom is -0.379 e. The Morgan fingerprint density at radius 3 is 2.47 bits per heavy atom. The van der Waals surface area contributed by atoms with Crippen molar-refractivity contribution in [1.82, 2.24) is 0 Å². The van der Waals surface area contributed by atoms with Crippen LogP contribution in [-0.4, -0.2) is 59.0 Å². The first-order chi connectivity index (χ1) is 14.1. The fourth-order valence-electron chi connectivity index (χ4n) is 4.90. The van der Waals surface area contributed by atoms with Crippen LogP contribution in [0.15, 0.2) is 12.1 Å². The van der Waals surface area contributed by atoms with Gasteiger partial charge in [0.05, 0.1) is 42.1 Å². The summed E-state index contributed by atoms with van der Waals surface area (Å²) < 4.78 is 1.05. The van der Waals surface area contributed by atoms with Gasteiger partial charge < -0.3 is 20.9 Å². The summed E-state index contributed by atoms with van der Waals surface area (Å²) >= 11 is 0. The fraction of sp³-hybridized carbons (Fsp3) is 0.632. The number of amides is 1. The van der Waals surface area contributed by atoms with Crippen LogP contribution in [0.5, 0.6) is 0 Å². The number of nitrogens with one attached hydrogen (secondary N) is 2. The third-order valence-corrected chi connectivity index (χ3v) is 6.64. The predicted octanol–water partition coefficient (Wildman–Crippen LogP) is 2.22. The molecular weight excluding hydrogens is 392 g/mol. The summed E-state index contributed by atoms with van der Waals surface area (Å²) in [5.41, 5.74) is 4.62. The van der Waals surface area contributed by atoms with Crippen LogP contribution in [0.1, 0.15) is 32.6 Å². The van der Waals surface area contributed by atoms with Crippen LogP contribution in [-0.2, 0) is 4.79 Å². The van der Waals surface area contributed by atoms with Gasteiger partial charge in [-0.05, 0) is 25.8 Å². The predicted molar refractivity (Wildman–Crippen MR) is 112 cm³/mol. The van der Waals surface area contributed by atoms with E-state index >= 15 is 0 Å². The second-order valence-corrected chi connectivity index (χ2v) is 8.59. The number of fused-ring (bicyclic) bond motifs is 1. The topological polar surface area (TPSA) is 153 Å². The average molecular weight is 421 g/mol. The number of nitro benzene ring substituents is 2. The van der Waals surface area contributed by atoms with Gasteiger partial charge in [-0.25, -0.2) is 0 Å². The first kappa shape index (κ1) is 21.8. The molecule has 2 heterocycles. The maximum Gasteiger partial charge on any atom is 0.299 e. The molecule has 0 aliphatic carbocycles. The van der Waals surface area contributed by atoms with Crippen molar-refractivity contribution in [3.63, 3.8) is 0 Å². The molecule has 0 spiro atoms. The standard InChI is InChI=1S/C19H28N6O5/c1-12(19(20)26)22-15-9-14(16(23(27)28)10-17(15)24(29)30)21-11-13-6-8-25(2)7-4-3-5-18(13)25/h9-10,12-13,18,21-22H,3-8,11H2,1-2H3,(H-,20,26)/p+1/t12-,13+,18-,25?/m1/s1. The minimum atomic E-state index is -0.868. The van der Waals surface area contributed by atoms with E-state index in [1.807, 2.05) is 0 Å². The zero-order valence-electron chi connectivity index (χ0n) is 17.3. The van der Waals surface area contributed by atoms with Crippen molar-refractivity contribution in [2.24, 2.45) is 11.7 Å². The summed E-state index contributed by atoms with van der Waals surface area (Å²) in [5.74, 6) is -0.302. The maximum atomic E-state index is 11.6. The number of hydrogen-bond acceptors (Lipinski definition) is 7. The molecule has 11 heteroatoms. The molecule has 0 radical (unpaired) electrons. The second-order valence-electron chi connectivity index (χ2n) is 8.59. The van der Waals surface area contributed by atoms with E-state index in [0.717, 1.165) is 36.5 Å². The van der Waals surface area contributed by atoms with Crippen molar-refractivity contribution < 1.29 is 19.1 Å². The average Bonchev–Trinajstić information content (AvgIpc) is 3.02. The molecule has 2 saturated heterocycles. The normalized spacial score (nSPS) is 26.5. The molecule has 0 aromatic heterocycles. The van der Waals surface area contributed by atoms with Crippen LogP contribution in [0.4, 0.5) is 22.7 Å². The number of quaternary nitrogens is 1. The van der Waals surface area contributed by atoms with E-state index < -0.39 is 27.5 Å². The molecule has 2 aliphatic heterocycles. The molecular formula is C19H29N6O5+. The SMILES string of the molecule is C[C@@H](Nc1cc(NC[C@@H]2CC[N+]3(C)CCCC[C@H]23)c([N+](=O)[O-])cc1[N+](=O)[O-])C(N)=O. The zero-order valence-corrected chi connectivity index (χ0v) is 17.3. The quantitative estimate of drug-likeness (QED) is 0.330. The number of carbonyl (C=O) groups excluding carboxylic acids is 1. The lowest BCUT2D eigenvalue weighted by molar-refractivity contribution is -0.927. The summed E-state index contributed by atoms with van der Waals surface area (Å²) in [6, 6.07) is 1.91. The highest BCUT2D eigenvalue weighted by Gasteiger charge is 2.46. The number of anilines is 2. The van der Waals surface area contributed by atoms with Gasteiger partial charge in [0.2, 0.25) is 5.91 Å². The van der Waals surface area contributed by atoms with Gasteiger partial charge in [0.1, 0.15) is 17.4 Å². The second kappa shape index (κ2) is 8.42. The molecule has 164 valence electrons. The first-order valence-electron chi connectivity index (χ1n) is 10.2. The van der Waals surface area contributed by atoms with Gasteiger partial charge in [-0.1, -0.05) is 0 Å². The highest BCUT2D eigenvalue weighted by molar-refractivity contribution is 5.85. The van der Waals surface area contributed by atoms with Crippen molar-refractivity contribution >= 4 is 28.7 Å². The Balaban J connectivity index is 1.86. The Morgan fingerprint density at radius 1 is 1.17 bits per heavy atom. The van der Waals surface area contributed by atoms with Gasteiger partial charge in [0.25, 0.3) is 11.4 Å². The molecule has 2 aliphatic rings. The molecule has 1 aromatic carbocycles. The van der Waals surface area contributed by atoms with Crippen LogP contribution < -0.4 is 16.4 Å². The van der Waals surface area contributed by atoms with E-state index in [9.17, 15) is 25.0 Å². The summed E-state index contributed by atoms with van der Waals surface area (Å²) in [5, 5.41) is 28.8. The molecule has 0 saturated carbocycles. The van der Waals surface area contributed by atoms with Gasteiger partial charge in [0, 0.05) is 25.3 Å². The van der Waals surface area contributed by atoms with Crippen molar-refractivity contribution in [3.05, 3.63) is 32.4 Å². The van der Waals surface area contributed by atoms with Crippen molar-refractivity contribution in [2.45, 2.75) is 44.7 Å². The van der Waals surface area contributed by atoms with Crippen LogP contribution in [0.25, 0.3) is 0 Å². The number of primary amides is 1. The number of hydrogen-bond donors (Lipinski definition) is 3. The third-order valence-electron chi connectivity index (χ3n) is 6.64. The number of benzene rings is 1. The van der Waals surface area contributed by atoms with Gasteiger partial charge >= 0.3 is 0 Å². The Kier molecular flexibility index (Phi) is 6.11. The van der Waals surface area contributed by atoms with Crippen molar-refractivity contribution in [1.29, 1.82) is 0 Å². The lowest BCUT2D eigenvalue weighted by atomic mass is 9.92. The summed E-state index contributed by atoms with van der Waals surface area (Å²) in [6.07, 6.45) is 4.62. The lowest BCUT2D eigenvalue weighted by Gasteiger charge is -2.41. The summed E-state index contributed by atoms with van der Waals surface area (Å²) in [4.78, 5) is 33.0. The van der Waals surface area contributed by atoms with E-state index in [0.29, 0.717) is 18.5 Å². The van der Waals surface area contributed by atoms with E-state index in [2.05, 4.69) is 17.7 Å². The number of rotatable bonds is 8. The number of nitrogens with zero attached hydrogens (tertiary/aromatic N) is 3. The largest absolute Gasteiger partial charge is 0.379 e. The molecule has 4 N–H and O–H groups in total. The van der Waals surface area contributed by atoms with Gasteiger partial charge in [-0.2, -0.15) is 0 Å². The van der Waals surface area contributed by atoms with E-state index in [1.54, 1.807) is 0 Å². The van der Waals surface area contributed by atoms with E-state index in [4.69, 9.17) is 5.73 Å². The molecule has 4 atom stereocenters. The van der Waals surface area contributed by atoms with Crippen molar-refractivity contribution in [3.8, 4) is 0 Å². The third kappa shape index (κ3) is 4.30. The van der Waals surface area contributed by atoms with Crippen molar-refractivity contribution in [2.75, 3.05) is 37.3 Å². The fourth-order valence-corrected chi connectivity index (χ4v) is 4.90. The molecule has 1 aromatic rings. The van der Waals surface area contributed by atoms with Crippen LogP contribution in [0, 0.1) is 26.1 Å². The van der Waals surface area contributed by atoms with Crippen LogP contribution in [0.2, 0.25) is 0 Å². The van der Waals surface area contributed by atoms with Gasteiger partial charge in [-0.15, -0.1) is 0 Å². The van der Waals surface area contributed by atoms with E-state index in [1.165, 1.54) is 25.8 Å². The highest BCUT2D eigenvalue weighted by atomic mass is 16.6. The number of carbonyl (C=O) groups is 1. The monoisotopic (exact) mass is 421 g/mol. The van der Waals surface area contributed by atoms with Crippen LogP contribution in [0.3, 0.4) is 0 Å². The molecule has 11 nitrogen and oxygen atoms in total. The smallest absolute Gasteiger partial charge is 0.299 e. The summed E-state index contributed by atoms with van der Waals surface area (Å²) in [7, 11) is 2.28. The maximum absolute atomic E-state index is 11.6. The Hall–Kier alpha value is -2.95. The summed E-state index contributed by atoms with van der Waals surface area (Å²) in [6.45, 7) is 4.29. The van der Waals surface area contributed by atoms with E-state index in [-0.39, 0.29) is 17.1 Å².